The largest absolute Gasteiger partial charge is 0.368 e. The van der Waals surface area contributed by atoms with E-state index in [0.29, 0.717) is 25.0 Å². The minimum absolute atomic E-state index is 0.0668. The molecule has 10 N–H and O–H groups in total. The predicted octanol–water partition coefficient (Wildman–Crippen LogP) is -2.45. The molecule has 17 nitrogen and oxygen atoms in total. The van der Waals surface area contributed by atoms with Crippen molar-refractivity contribution in [3.05, 3.63) is 18.2 Å². The van der Waals surface area contributed by atoms with Crippen molar-refractivity contribution in [2.45, 2.75) is 103 Å². The number of H-pyrrole nitrogens is 1. The molecular weight excluding hydrogens is 612 g/mol. The van der Waals surface area contributed by atoms with Gasteiger partial charge in [0.15, 0.2) is 0 Å². The van der Waals surface area contributed by atoms with E-state index in [4.69, 9.17) is 11.5 Å². The first-order valence-electron chi connectivity index (χ1n) is 15.9. The average Bonchev–Trinajstić information content (AvgIpc) is 3.73. The Kier molecular flexibility index (Phi) is 14.8. The fraction of sp³-hybridized carbons (Fsp3) is 0.667. The van der Waals surface area contributed by atoms with Crippen LogP contribution in [0.3, 0.4) is 0 Å². The van der Waals surface area contributed by atoms with Crippen LogP contribution in [-0.4, -0.2) is 106 Å². The van der Waals surface area contributed by atoms with E-state index >= 15 is 0 Å². The van der Waals surface area contributed by atoms with Gasteiger partial charge in [0.05, 0.1) is 18.9 Å². The molecule has 1 fully saturated rings. The molecule has 1 aliphatic heterocycles. The van der Waals surface area contributed by atoms with Crippen molar-refractivity contribution < 1.29 is 33.6 Å². The maximum atomic E-state index is 13.3. The third-order valence-corrected chi connectivity index (χ3v) is 8.25. The van der Waals surface area contributed by atoms with Gasteiger partial charge in [0.2, 0.25) is 41.4 Å². The van der Waals surface area contributed by atoms with Gasteiger partial charge < -0.3 is 47.9 Å². The summed E-state index contributed by atoms with van der Waals surface area (Å²) in [5, 5.41) is 12.9. The van der Waals surface area contributed by atoms with Gasteiger partial charge in [-0.2, -0.15) is 0 Å². The molecule has 262 valence electrons. The second-order valence-electron chi connectivity index (χ2n) is 12.3. The summed E-state index contributed by atoms with van der Waals surface area (Å²) in [5.74, 6) is -4.61. The number of rotatable bonds is 17. The van der Waals surface area contributed by atoms with E-state index in [2.05, 4.69) is 36.6 Å². The van der Waals surface area contributed by atoms with Crippen LogP contribution in [0.1, 0.15) is 66.5 Å². The highest BCUT2D eigenvalue weighted by Gasteiger charge is 2.37. The molecule has 0 saturated carbocycles. The molecule has 2 rings (SSSR count). The first kappa shape index (κ1) is 38.6. The van der Waals surface area contributed by atoms with Gasteiger partial charge >= 0.3 is 0 Å². The number of likely N-dealkylation sites (tertiary alicyclic amines) is 1. The molecular formula is C30H50N10O7. The minimum Gasteiger partial charge on any atom is -0.368 e. The highest BCUT2D eigenvalue weighted by atomic mass is 16.2. The lowest BCUT2D eigenvalue weighted by Gasteiger charge is -2.29. The summed E-state index contributed by atoms with van der Waals surface area (Å²) in [6.45, 7) is 9.88. The van der Waals surface area contributed by atoms with Crippen molar-refractivity contribution in [1.29, 1.82) is 0 Å². The molecule has 1 aromatic heterocycles. The highest BCUT2D eigenvalue weighted by molar-refractivity contribution is 5.96. The fourth-order valence-corrected chi connectivity index (χ4v) is 4.86. The average molecular weight is 663 g/mol. The van der Waals surface area contributed by atoms with Crippen molar-refractivity contribution in [2.24, 2.45) is 23.3 Å². The molecule has 0 bridgehead atoms. The van der Waals surface area contributed by atoms with Gasteiger partial charge in [-0.25, -0.2) is 4.98 Å². The van der Waals surface area contributed by atoms with E-state index in [-0.39, 0.29) is 24.8 Å². The zero-order chi connectivity index (χ0) is 35.4. The lowest BCUT2D eigenvalue weighted by Crippen LogP contribution is -2.58. The molecule has 0 unspecified atom stereocenters. The Morgan fingerprint density at radius 1 is 0.936 bits per heavy atom. The zero-order valence-corrected chi connectivity index (χ0v) is 27.9. The maximum absolute atomic E-state index is 13.3. The van der Waals surface area contributed by atoms with Gasteiger partial charge in [-0.3, -0.25) is 33.6 Å². The minimum atomic E-state index is -1.08. The molecule has 0 aromatic carbocycles. The van der Waals surface area contributed by atoms with E-state index in [9.17, 15) is 33.6 Å². The van der Waals surface area contributed by atoms with E-state index in [0.717, 1.165) is 0 Å². The molecule has 0 spiro atoms. The number of imidazole rings is 1. The van der Waals surface area contributed by atoms with Gasteiger partial charge in [-0.1, -0.05) is 34.1 Å². The number of amides is 7. The summed E-state index contributed by atoms with van der Waals surface area (Å²) >= 11 is 0. The predicted molar refractivity (Wildman–Crippen MR) is 171 cm³/mol. The van der Waals surface area contributed by atoms with Crippen molar-refractivity contribution in [1.82, 2.24) is 41.5 Å². The van der Waals surface area contributed by atoms with E-state index in [1.54, 1.807) is 20.8 Å². The normalized spacial score (nSPS) is 18.2. The monoisotopic (exact) mass is 662 g/mol. The van der Waals surface area contributed by atoms with Gasteiger partial charge in [-0.15, -0.1) is 0 Å². The lowest BCUT2D eigenvalue weighted by atomic mass is 9.97. The van der Waals surface area contributed by atoms with Gasteiger partial charge in [-0.05, 0) is 38.5 Å². The smallest absolute Gasteiger partial charge is 0.243 e. The van der Waals surface area contributed by atoms with E-state index < -0.39 is 84.1 Å². The van der Waals surface area contributed by atoms with Crippen molar-refractivity contribution in [2.75, 3.05) is 13.1 Å². The summed E-state index contributed by atoms with van der Waals surface area (Å²) in [7, 11) is 0. The van der Waals surface area contributed by atoms with Crippen LogP contribution >= 0.6 is 0 Å². The Balaban J connectivity index is 1.99. The molecule has 0 aliphatic carbocycles. The molecule has 2 heterocycles. The maximum Gasteiger partial charge on any atom is 0.243 e. The summed E-state index contributed by atoms with van der Waals surface area (Å²) < 4.78 is 0. The third-order valence-electron chi connectivity index (χ3n) is 8.25. The molecule has 7 amide bonds. The highest BCUT2D eigenvalue weighted by Crippen LogP contribution is 2.19. The lowest BCUT2D eigenvalue weighted by molar-refractivity contribution is -0.140. The number of carbonyl (C=O) groups is 7. The summed E-state index contributed by atoms with van der Waals surface area (Å²) in [5.41, 5.74) is 11.8. The number of aromatic nitrogens is 2. The van der Waals surface area contributed by atoms with Gasteiger partial charge in [0.1, 0.15) is 30.2 Å². The number of nitrogens with zero attached hydrogens (tertiary/aromatic N) is 2. The van der Waals surface area contributed by atoms with Crippen molar-refractivity contribution in [3.8, 4) is 0 Å². The Morgan fingerprint density at radius 3 is 2.17 bits per heavy atom. The van der Waals surface area contributed by atoms with Crippen LogP contribution in [-0.2, 0) is 40.0 Å². The topological polar surface area (TPSA) is 264 Å². The van der Waals surface area contributed by atoms with Crippen LogP contribution in [0, 0.1) is 11.8 Å². The fourth-order valence-electron chi connectivity index (χ4n) is 4.86. The summed E-state index contributed by atoms with van der Waals surface area (Å²) in [6, 6.07) is -5.75. The van der Waals surface area contributed by atoms with Crippen LogP contribution in [0.2, 0.25) is 0 Å². The van der Waals surface area contributed by atoms with Crippen LogP contribution in [0.15, 0.2) is 12.5 Å². The summed E-state index contributed by atoms with van der Waals surface area (Å²) in [4.78, 5) is 97.4. The Labute approximate surface area is 274 Å². The Bertz CT molecular complexity index is 1270. The molecule has 47 heavy (non-hydrogen) atoms. The molecule has 1 aliphatic rings. The number of aromatic amines is 1. The molecule has 0 radical (unpaired) electrons. The quantitative estimate of drug-likeness (QED) is 0.0879. The summed E-state index contributed by atoms with van der Waals surface area (Å²) in [6.07, 6.45) is 4.45. The van der Waals surface area contributed by atoms with Crippen LogP contribution in [0.25, 0.3) is 0 Å². The SMILES string of the molecule is CC[C@H](C)[C@H](NC(=O)[C@H]1CCCN1C(=O)CNC(=O)[C@H](C)NC(=O)[C@H](Cc1cnc[nH]1)NC(=O)[C@@H](N)C(C)C)C(=O)N[C@@H](C)C(N)=O. The number of nitrogens with two attached hydrogens (primary N) is 2. The number of primary amides is 1. The molecule has 1 saturated heterocycles. The first-order valence-corrected chi connectivity index (χ1v) is 15.9. The molecule has 1 aromatic rings. The van der Waals surface area contributed by atoms with E-state index in [1.165, 1.54) is 31.3 Å². The second-order valence-corrected chi connectivity index (χ2v) is 12.3. The number of hydrogen-bond donors (Lipinski definition) is 8. The van der Waals surface area contributed by atoms with Crippen molar-refractivity contribution in [3.63, 3.8) is 0 Å². The molecule has 7 atom stereocenters. The number of hydrogen-bond acceptors (Lipinski definition) is 9. The third kappa shape index (κ3) is 11.3. The van der Waals surface area contributed by atoms with Crippen LogP contribution < -0.4 is 38.1 Å². The Morgan fingerprint density at radius 2 is 1.60 bits per heavy atom. The van der Waals surface area contributed by atoms with Crippen LogP contribution in [0.5, 0.6) is 0 Å². The second kappa shape index (κ2) is 18.0. The number of nitrogens with one attached hydrogen (secondary N) is 6. The zero-order valence-electron chi connectivity index (χ0n) is 27.9. The van der Waals surface area contributed by atoms with Crippen molar-refractivity contribution >= 4 is 41.4 Å². The Hall–Kier alpha value is -4.54. The molecule has 17 heteroatoms. The van der Waals surface area contributed by atoms with E-state index in [1.807, 2.05) is 6.92 Å². The van der Waals surface area contributed by atoms with Gasteiger partial charge in [0.25, 0.3) is 0 Å². The van der Waals surface area contributed by atoms with Gasteiger partial charge in [0, 0.05) is 24.9 Å². The standard InChI is InChI=1S/C30H50N10O7/c1-7-16(4)24(30(47)36-17(5)25(32)42)39-28(45)21-9-8-10-40(21)22(41)13-34-26(43)18(6)37-27(44)20(11-19-12-33-14-35-19)38-29(46)23(31)15(2)3/h12,14-18,20-21,23-24H,7-11,13,31H2,1-6H3,(H2,32,42)(H,33,35)(H,34,43)(H,36,47)(H,37,44)(H,38,46)(H,39,45)/t16-,17-,18-,20-,21+,23-,24-/m0/s1. The first-order chi connectivity index (χ1) is 22.1. The number of carbonyl (C=O) groups excluding carboxylic acids is 7. The van der Waals surface area contributed by atoms with Crippen LogP contribution in [0.4, 0.5) is 0 Å².